The van der Waals surface area contributed by atoms with Gasteiger partial charge < -0.3 is 10.2 Å². The summed E-state index contributed by atoms with van der Waals surface area (Å²) in [5.41, 5.74) is 1.13. The molecule has 27 heavy (non-hydrogen) atoms. The van der Waals surface area contributed by atoms with Crippen LogP contribution in [0.25, 0.3) is 10.2 Å². The Morgan fingerprint density at radius 2 is 1.93 bits per heavy atom. The number of aromatic nitrogens is 1. The van der Waals surface area contributed by atoms with E-state index < -0.39 is 0 Å². The number of fused-ring (bicyclic) bond motifs is 1. The van der Waals surface area contributed by atoms with Crippen molar-refractivity contribution in [2.75, 3.05) is 19.6 Å². The van der Waals surface area contributed by atoms with Crippen molar-refractivity contribution >= 4 is 27.5 Å². The van der Waals surface area contributed by atoms with Gasteiger partial charge in [-0.2, -0.15) is 0 Å². The van der Waals surface area contributed by atoms with Crippen molar-refractivity contribution in [3.8, 4) is 0 Å². The smallest absolute Gasteiger partial charge is 0.278 e. The molecule has 1 aliphatic heterocycles. The topological polar surface area (TPSA) is 46.4 Å². The maximum Gasteiger partial charge on any atom is 0.278 e. The molecule has 4 nitrogen and oxygen atoms in total. The number of carbonyl (C=O) groups is 1. The van der Waals surface area contributed by atoms with Gasteiger partial charge in [-0.1, -0.05) is 31.4 Å². The zero-order chi connectivity index (χ0) is 18.6. The first kappa shape index (κ1) is 18.9. The van der Waals surface area contributed by atoms with Crippen LogP contribution < -0.4 is 10.2 Å². The van der Waals surface area contributed by atoms with Crippen molar-refractivity contribution in [2.24, 2.45) is 5.92 Å². The summed E-state index contributed by atoms with van der Waals surface area (Å²) in [7, 11) is 0. The van der Waals surface area contributed by atoms with Crippen LogP contribution in [0.4, 0.5) is 0 Å². The van der Waals surface area contributed by atoms with E-state index in [2.05, 4.69) is 36.5 Å². The van der Waals surface area contributed by atoms with E-state index in [0.29, 0.717) is 11.8 Å². The molecule has 1 aliphatic carbocycles. The van der Waals surface area contributed by atoms with Crippen LogP contribution in [0.1, 0.15) is 62.8 Å². The van der Waals surface area contributed by atoms with Crippen molar-refractivity contribution < 1.29 is 9.69 Å². The second-order valence-corrected chi connectivity index (χ2v) is 9.49. The van der Waals surface area contributed by atoms with Gasteiger partial charge in [0.1, 0.15) is 0 Å². The summed E-state index contributed by atoms with van der Waals surface area (Å²) in [4.78, 5) is 18.9. The average Bonchev–Trinajstić information content (AvgIpc) is 3.16. The monoisotopic (exact) mass is 386 g/mol. The van der Waals surface area contributed by atoms with Gasteiger partial charge in [0.05, 0.1) is 28.3 Å². The number of nitrogens with one attached hydrogen (secondary N) is 2. The molecule has 1 amide bonds. The van der Waals surface area contributed by atoms with E-state index in [9.17, 15) is 4.79 Å². The van der Waals surface area contributed by atoms with Crippen LogP contribution in [0.5, 0.6) is 0 Å². The number of amides is 1. The van der Waals surface area contributed by atoms with E-state index >= 15 is 0 Å². The van der Waals surface area contributed by atoms with Crippen LogP contribution in [-0.4, -0.2) is 36.6 Å². The van der Waals surface area contributed by atoms with E-state index in [-0.39, 0.29) is 11.9 Å². The van der Waals surface area contributed by atoms with Crippen molar-refractivity contribution in [2.45, 2.75) is 63.8 Å². The number of thiazole rings is 1. The molecule has 1 saturated heterocycles. The van der Waals surface area contributed by atoms with Crippen molar-refractivity contribution in [3.63, 3.8) is 0 Å². The van der Waals surface area contributed by atoms with Gasteiger partial charge in [-0.3, -0.25) is 4.79 Å². The summed E-state index contributed by atoms with van der Waals surface area (Å²) >= 11 is 1.84. The number of para-hydroxylation sites is 1. The maximum atomic E-state index is 12.6. The summed E-state index contributed by atoms with van der Waals surface area (Å²) in [6, 6.07) is 8.48. The lowest BCUT2D eigenvalue weighted by atomic mass is 9.89. The van der Waals surface area contributed by atoms with Gasteiger partial charge in [0.25, 0.3) is 5.91 Å². The highest BCUT2D eigenvalue weighted by atomic mass is 32.1. The zero-order valence-electron chi connectivity index (χ0n) is 16.4. The van der Waals surface area contributed by atoms with E-state index in [0.717, 1.165) is 38.0 Å². The molecule has 0 unspecified atom stereocenters. The highest BCUT2D eigenvalue weighted by Crippen LogP contribution is 2.31. The summed E-state index contributed by atoms with van der Waals surface area (Å²) < 4.78 is 1.29. The molecule has 1 atom stereocenters. The molecule has 146 valence electrons. The standard InChI is InChI=1S/C22H31N3OS/c1-16(21(26)23-15-17-7-3-2-4-8-17)25-13-11-18(12-14-25)22-24-19-9-5-6-10-20(19)27-22/h5-6,9-10,16-18H,2-4,7-8,11-15H2,1H3,(H,23,26)/p+1/t16-/m1/s1. The molecule has 1 aromatic carbocycles. The molecule has 4 rings (SSSR count). The summed E-state index contributed by atoms with van der Waals surface area (Å²) in [5, 5.41) is 4.52. The zero-order valence-corrected chi connectivity index (χ0v) is 17.2. The fourth-order valence-electron chi connectivity index (χ4n) is 4.71. The number of hydrogen-bond acceptors (Lipinski definition) is 3. The molecule has 1 aromatic heterocycles. The third-order valence-electron chi connectivity index (χ3n) is 6.58. The Bertz CT molecular complexity index is 727. The van der Waals surface area contributed by atoms with Gasteiger partial charge in [0.15, 0.2) is 6.04 Å². The number of carbonyl (C=O) groups excluding carboxylic acids is 1. The Balaban J connectivity index is 1.27. The minimum atomic E-state index is 0.0601. The van der Waals surface area contributed by atoms with Crippen molar-refractivity contribution in [1.82, 2.24) is 10.3 Å². The second-order valence-electron chi connectivity index (χ2n) is 8.42. The minimum Gasteiger partial charge on any atom is -0.351 e. The molecule has 0 radical (unpaired) electrons. The first-order valence-corrected chi connectivity index (χ1v) is 11.5. The molecule has 5 heteroatoms. The van der Waals surface area contributed by atoms with Crippen LogP contribution in [0, 0.1) is 5.92 Å². The van der Waals surface area contributed by atoms with Gasteiger partial charge in [-0.05, 0) is 37.8 Å². The van der Waals surface area contributed by atoms with Crippen molar-refractivity contribution in [3.05, 3.63) is 29.3 Å². The van der Waals surface area contributed by atoms with Crippen LogP contribution in [0.2, 0.25) is 0 Å². The molecule has 0 spiro atoms. The number of likely N-dealkylation sites (tertiary alicyclic amines) is 1. The van der Waals surface area contributed by atoms with Gasteiger partial charge in [-0.25, -0.2) is 4.98 Å². The number of nitrogens with zero attached hydrogens (tertiary/aromatic N) is 1. The molecular weight excluding hydrogens is 354 g/mol. The van der Waals surface area contributed by atoms with E-state index in [4.69, 9.17) is 4.98 Å². The fourth-order valence-corrected chi connectivity index (χ4v) is 5.84. The number of piperidine rings is 1. The van der Waals surface area contributed by atoms with Gasteiger partial charge in [0, 0.05) is 25.3 Å². The number of benzene rings is 1. The van der Waals surface area contributed by atoms with Crippen LogP contribution in [0.3, 0.4) is 0 Å². The summed E-state index contributed by atoms with van der Waals surface area (Å²) in [6.45, 7) is 5.12. The first-order valence-electron chi connectivity index (χ1n) is 10.7. The lowest BCUT2D eigenvalue weighted by molar-refractivity contribution is -0.919. The molecule has 2 fully saturated rings. The largest absolute Gasteiger partial charge is 0.351 e. The molecule has 2 N–H and O–H groups in total. The third-order valence-corrected chi connectivity index (χ3v) is 7.78. The molecule has 2 heterocycles. The number of rotatable bonds is 5. The lowest BCUT2D eigenvalue weighted by Crippen LogP contribution is -3.17. The SMILES string of the molecule is C[C@H](C(=O)NCC1CCCCC1)[NH+]1CCC(c2nc3ccccc3s2)CC1. The van der Waals surface area contributed by atoms with Crippen molar-refractivity contribution in [1.29, 1.82) is 0 Å². The van der Waals surface area contributed by atoms with E-state index in [1.165, 1.54) is 46.7 Å². The summed E-state index contributed by atoms with van der Waals surface area (Å²) in [6.07, 6.45) is 8.88. The Labute approximate surface area is 166 Å². The maximum absolute atomic E-state index is 12.6. The lowest BCUT2D eigenvalue weighted by Gasteiger charge is -2.32. The van der Waals surface area contributed by atoms with Crippen LogP contribution in [-0.2, 0) is 4.79 Å². The molecule has 2 aliphatic rings. The van der Waals surface area contributed by atoms with Gasteiger partial charge >= 0.3 is 0 Å². The molecular formula is C22H32N3OS+. The quantitative estimate of drug-likeness (QED) is 0.829. The summed E-state index contributed by atoms with van der Waals surface area (Å²) in [5.74, 6) is 1.51. The molecule has 0 bridgehead atoms. The number of hydrogen-bond donors (Lipinski definition) is 2. The van der Waals surface area contributed by atoms with E-state index in [1.807, 2.05) is 11.3 Å². The second kappa shape index (κ2) is 8.70. The molecule has 1 saturated carbocycles. The minimum absolute atomic E-state index is 0.0601. The van der Waals surface area contributed by atoms with Crippen LogP contribution >= 0.6 is 11.3 Å². The third kappa shape index (κ3) is 4.52. The van der Waals surface area contributed by atoms with Gasteiger partial charge in [-0.15, -0.1) is 11.3 Å². The normalized spacial score (nSPS) is 25.4. The fraction of sp³-hybridized carbons (Fsp3) is 0.636. The Hall–Kier alpha value is -1.46. The average molecular weight is 387 g/mol. The highest BCUT2D eigenvalue weighted by molar-refractivity contribution is 7.18. The highest BCUT2D eigenvalue weighted by Gasteiger charge is 2.32. The van der Waals surface area contributed by atoms with Gasteiger partial charge in [0.2, 0.25) is 0 Å². The predicted molar refractivity (Wildman–Crippen MR) is 111 cm³/mol. The molecule has 2 aromatic rings. The van der Waals surface area contributed by atoms with E-state index in [1.54, 1.807) is 0 Å². The Morgan fingerprint density at radius 3 is 2.67 bits per heavy atom. The van der Waals surface area contributed by atoms with Crippen LogP contribution in [0.15, 0.2) is 24.3 Å². The Kier molecular flexibility index (Phi) is 6.08. The Morgan fingerprint density at radius 1 is 1.19 bits per heavy atom. The first-order chi connectivity index (χ1) is 13.2. The predicted octanol–water partition coefficient (Wildman–Crippen LogP) is 3.14. The number of quaternary nitrogens is 1.